The molecular formula is C13H20O3. The standard InChI is InChI=1S/C13H20O3/c1-4-12-10(6-5-7-14)8-11(15-2)9-13(12)16-3/h8-9,14H,4-7H2,1-3H3. The Kier molecular flexibility index (Phi) is 5.12. The first-order chi connectivity index (χ1) is 7.76. The van der Waals surface area contributed by atoms with Gasteiger partial charge in [0.05, 0.1) is 14.2 Å². The second-order valence-electron chi connectivity index (χ2n) is 3.65. The number of aliphatic hydroxyl groups is 1. The lowest BCUT2D eigenvalue weighted by Gasteiger charge is -2.14. The van der Waals surface area contributed by atoms with E-state index in [-0.39, 0.29) is 6.61 Å². The Morgan fingerprint density at radius 3 is 2.44 bits per heavy atom. The molecule has 0 saturated heterocycles. The molecule has 1 aromatic carbocycles. The van der Waals surface area contributed by atoms with Gasteiger partial charge in [-0.05, 0) is 36.5 Å². The van der Waals surface area contributed by atoms with Gasteiger partial charge in [-0.2, -0.15) is 0 Å². The minimum Gasteiger partial charge on any atom is -0.497 e. The first-order valence-electron chi connectivity index (χ1n) is 5.61. The van der Waals surface area contributed by atoms with Crippen molar-refractivity contribution < 1.29 is 14.6 Å². The third kappa shape index (κ3) is 2.89. The number of rotatable bonds is 6. The third-order valence-corrected chi connectivity index (χ3v) is 2.69. The topological polar surface area (TPSA) is 38.7 Å². The maximum atomic E-state index is 8.88. The van der Waals surface area contributed by atoms with E-state index in [2.05, 4.69) is 6.92 Å². The van der Waals surface area contributed by atoms with Crippen LogP contribution in [0, 0.1) is 0 Å². The normalized spacial score (nSPS) is 10.2. The largest absolute Gasteiger partial charge is 0.497 e. The Morgan fingerprint density at radius 2 is 1.94 bits per heavy atom. The fourth-order valence-electron chi connectivity index (χ4n) is 1.87. The Balaban J connectivity index is 3.09. The summed E-state index contributed by atoms with van der Waals surface area (Å²) in [5, 5.41) is 8.88. The van der Waals surface area contributed by atoms with Crippen LogP contribution >= 0.6 is 0 Å². The summed E-state index contributed by atoms with van der Waals surface area (Å²) < 4.78 is 10.6. The zero-order chi connectivity index (χ0) is 12.0. The number of benzene rings is 1. The summed E-state index contributed by atoms with van der Waals surface area (Å²) in [4.78, 5) is 0. The van der Waals surface area contributed by atoms with Crippen molar-refractivity contribution in [3.63, 3.8) is 0 Å². The van der Waals surface area contributed by atoms with Crippen LogP contribution in [0.1, 0.15) is 24.5 Å². The Morgan fingerprint density at radius 1 is 1.19 bits per heavy atom. The zero-order valence-electron chi connectivity index (χ0n) is 10.2. The van der Waals surface area contributed by atoms with Crippen molar-refractivity contribution in [1.29, 1.82) is 0 Å². The zero-order valence-corrected chi connectivity index (χ0v) is 10.2. The van der Waals surface area contributed by atoms with Crippen molar-refractivity contribution in [3.05, 3.63) is 23.3 Å². The molecule has 0 aromatic heterocycles. The molecule has 1 aromatic rings. The van der Waals surface area contributed by atoms with Crippen molar-refractivity contribution in [2.45, 2.75) is 26.2 Å². The van der Waals surface area contributed by atoms with Gasteiger partial charge >= 0.3 is 0 Å². The molecule has 0 saturated carbocycles. The number of hydrogen-bond acceptors (Lipinski definition) is 3. The van der Waals surface area contributed by atoms with Crippen LogP contribution in [0.5, 0.6) is 11.5 Å². The highest BCUT2D eigenvalue weighted by Gasteiger charge is 2.10. The van der Waals surface area contributed by atoms with Crippen LogP contribution in [0.25, 0.3) is 0 Å². The minimum absolute atomic E-state index is 0.211. The summed E-state index contributed by atoms with van der Waals surface area (Å²) in [5.41, 5.74) is 2.41. The van der Waals surface area contributed by atoms with Crippen LogP contribution in [0.2, 0.25) is 0 Å². The summed E-state index contributed by atoms with van der Waals surface area (Å²) in [6.45, 7) is 2.31. The summed E-state index contributed by atoms with van der Waals surface area (Å²) in [6, 6.07) is 3.93. The van der Waals surface area contributed by atoms with Crippen LogP contribution in [0.3, 0.4) is 0 Å². The summed E-state index contributed by atoms with van der Waals surface area (Å²) in [7, 11) is 3.32. The van der Waals surface area contributed by atoms with Gasteiger partial charge in [0.1, 0.15) is 11.5 Å². The molecule has 0 bridgehead atoms. The molecule has 3 nitrogen and oxygen atoms in total. The second kappa shape index (κ2) is 6.38. The number of methoxy groups -OCH3 is 2. The van der Waals surface area contributed by atoms with E-state index in [9.17, 15) is 0 Å². The van der Waals surface area contributed by atoms with Crippen molar-refractivity contribution in [2.24, 2.45) is 0 Å². The lowest BCUT2D eigenvalue weighted by Crippen LogP contribution is -2.00. The first-order valence-corrected chi connectivity index (χ1v) is 5.61. The van der Waals surface area contributed by atoms with E-state index >= 15 is 0 Å². The van der Waals surface area contributed by atoms with Gasteiger partial charge in [-0.1, -0.05) is 6.92 Å². The van der Waals surface area contributed by atoms with Gasteiger partial charge in [-0.15, -0.1) is 0 Å². The number of ether oxygens (including phenoxy) is 2. The average molecular weight is 224 g/mol. The van der Waals surface area contributed by atoms with E-state index in [4.69, 9.17) is 14.6 Å². The highest BCUT2D eigenvalue weighted by molar-refractivity contribution is 5.46. The fourth-order valence-corrected chi connectivity index (χ4v) is 1.87. The molecule has 0 aliphatic heterocycles. The minimum atomic E-state index is 0.211. The maximum Gasteiger partial charge on any atom is 0.126 e. The van der Waals surface area contributed by atoms with E-state index in [1.165, 1.54) is 11.1 Å². The van der Waals surface area contributed by atoms with Gasteiger partial charge in [0.15, 0.2) is 0 Å². The van der Waals surface area contributed by atoms with Crippen LogP contribution in [0.15, 0.2) is 12.1 Å². The Labute approximate surface area is 97.0 Å². The molecular weight excluding hydrogens is 204 g/mol. The van der Waals surface area contributed by atoms with Gasteiger partial charge in [0.2, 0.25) is 0 Å². The highest BCUT2D eigenvalue weighted by atomic mass is 16.5. The molecule has 0 atom stereocenters. The van der Waals surface area contributed by atoms with Gasteiger partial charge in [0, 0.05) is 12.7 Å². The van der Waals surface area contributed by atoms with E-state index in [0.29, 0.717) is 0 Å². The van der Waals surface area contributed by atoms with E-state index in [0.717, 1.165) is 30.8 Å². The Bertz CT molecular complexity index is 334. The predicted octanol–water partition coefficient (Wildman–Crippen LogP) is 2.19. The molecule has 3 heteroatoms. The third-order valence-electron chi connectivity index (χ3n) is 2.69. The molecule has 1 N–H and O–H groups in total. The monoisotopic (exact) mass is 224 g/mol. The Hall–Kier alpha value is -1.22. The number of hydrogen-bond donors (Lipinski definition) is 1. The van der Waals surface area contributed by atoms with Gasteiger partial charge in [-0.3, -0.25) is 0 Å². The van der Waals surface area contributed by atoms with Crippen molar-refractivity contribution >= 4 is 0 Å². The summed E-state index contributed by atoms with van der Waals surface area (Å²) in [5.74, 6) is 1.68. The van der Waals surface area contributed by atoms with Crippen LogP contribution < -0.4 is 9.47 Å². The molecule has 0 fully saturated rings. The average Bonchev–Trinajstić information content (AvgIpc) is 2.34. The predicted molar refractivity (Wildman–Crippen MR) is 64.3 cm³/mol. The van der Waals surface area contributed by atoms with Gasteiger partial charge in [-0.25, -0.2) is 0 Å². The van der Waals surface area contributed by atoms with Gasteiger partial charge < -0.3 is 14.6 Å². The molecule has 0 spiro atoms. The lowest BCUT2D eigenvalue weighted by atomic mass is 9.99. The van der Waals surface area contributed by atoms with E-state index in [1.54, 1.807) is 14.2 Å². The molecule has 0 amide bonds. The first kappa shape index (κ1) is 12.8. The quantitative estimate of drug-likeness (QED) is 0.805. The molecule has 90 valence electrons. The summed E-state index contributed by atoms with van der Waals surface area (Å²) in [6.07, 6.45) is 2.55. The van der Waals surface area contributed by atoms with E-state index < -0.39 is 0 Å². The highest BCUT2D eigenvalue weighted by Crippen LogP contribution is 2.29. The van der Waals surface area contributed by atoms with Crippen molar-refractivity contribution in [1.82, 2.24) is 0 Å². The van der Waals surface area contributed by atoms with Crippen molar-refractivity contribution in [3.8, 4) is 11.5 Å². The van der Waals surface area contributed by atoms with Crippen LogP contribution in [0.4, 0.5) is 0 Å². The summed E-state index contributed by atoms with van der Waals surface area (Å²) >= 11 is 0. The lowest BCUT2D eigenvalue weighted by molar-refractivity contribution is 0.288. The number of aryl methyl sites for hydroxylation is 1. The smallest absolute Gasteiger partial charge is 0.126 e. The second-order valence-corrected chi connectivity index (χ2v) is 3.65. The number of aliphatic hydroxyl groups excluding tert-OH is 1. The molecule has 0 aliphatic carbocycles. The molecule has 1 rings (SSSR count). The van der Waals surface area contributed by atoms with Crippen molar-refractivity contribution in [2.75, 3.05) is 20.8 Å². The van der Waals surface area contributed by atoms with Crippen LogP contribution in [-0.2, 0) is 12.8 Å². The fraction of sp³-hybridized carbons (Fsp3) is 0.538. The molecule has 16 heavy (non-hydrogen) atoms. The molecule has 0 aliphatic rings. The van der Waals surface area contributed by atoms with Gasteiger partial charge in [0.25, 0.3) is 0 Å². The molecule has 0 unspecified atom stereocenters. The molecule has 0 radical (unpaired) electrons. The maximum absolute atomic E-state index is 8.88. The molecule has 0 heterocycles. The van der Waals surface area contributed by atoms with E-state index in [1.807, 2.05) is 12.1 Å². The SMILES string of the molecule is CCc1c(CCCO)cc(OC)cc1OC. The van der Waals surface area contributed by atoms with Crippen LogP contribution in [-0.4, -0.2) is 25.9 Å².